The van der Waals surface area contributed by atoms with Gasteiger partial charge >= 0.3 is 0 Å². The standard InChI is InChI=1S/C17H25F2N/c1-2-20-12-14-7-5-3-4-6-13(14)10-15-11-16(18)8-9-17(15)19/h8-9,11,13-14,20H,2-7,10,12H2,1H3. The zero-order chi connectivity index (χ0) is 14.4. The molecule has 1 aromatic rings. The average molecular weight is 281 g/mol. The fourth-order valence-electron chi connectivity index (χ4n) is 3.31. The summed E-state index contributed by atoms with van der Waals surface area (Å²) in [6, 6.07) is 3.81. The molecule has 1 fully saturated rings. The summed E-state index contributed by atoms with van der Waals surface area (Å²) < 4.78 is 27.1. The lowest BCUT2D eigenvalue weighted by atomic mass is 9.83. The van der Waals surface area contributed by atoms with Crippen LogP contribution in [-0.2, 0) is 6.42 Å². The summed E-state index contributed by atoms with van der Waals surface area (Å²) in [6.45, 7) is 4.08. The zero-order valence-electron chi connectivity index (χ0n) is 12.3. The summed E-state index contributed by atoms with van der Waals surface area (Å²) in [6.07, 6.45) is 6.74. The van der Waals surface area contributed by atoms with Crippen LogP contribution in [0.2, 0.25) is 0 Å². The van der Waals surface area contributed by atoms with E-state index >= 15 is 0 Å². The Kier molecular flexibility index (Phi) is 5.96. The summed E-state index contributed by atoms with van der Waals surface area (Å²) >= 11 is 0. The van der Waals surface area contributed by atoms with Crippen LogP contribution in [0, 0.1) is 23.5 Å². The van der Waals surface area contributed by atoms with Crippen molar-refractivity contribution in [3.05, 3.63) is 35.4 Å². The monoisotopic (exact) mass is 281 g/mol. The molecule has 0 amide bonds. The lowest BCUT2D eigenvalue weighted by Crippen LogP contribution is -2.29. The van der Waals surface area contributed by atoms with Crippen molar-refractivity contribution < 1.29 is 8.78 Å². The highest BCUT2D eigenvalue weighted by atomic mass is 19.1. The first-order valence-corrected chi connectivity index (χ1v) is 7.85. The van der Waals surface area contributed by atoms with Crippen molar-refractivity contribution in [1.82, 2.24) is 5.32 Å². The van der Waals surface area contributed by atoms with Crippen LogP contribution < -0.4 is 5.32 Å². The predicted octanol–water partition coefficient (Wildman–Crippen LogP) is 4.31. The highest BCUT2D eigenvalue weighted by Gasteiger charge is 2.24. The van der Waals surface area contributed by atoms with E-state index in [1.54, 1.807) is 0 Å². The third-order valence-corrected chi connectivity index (χ3v) is 4.46. The molecule has 0 aromatic heterocycles. The summed E-state index contributed by atoms with van der Waals surface area (Å²) in [4.78, 5) is 0. The van der Waals surface area contributed by atoms with Gasteiger partial charge in [0.25, 0.3) is 0 Å². The molecule has 2 atom stereocenters. The smallest absolute Gasteiger partial charge is 0.126 e. The van der Waals surface area contributed by atoms with Gasteiger partial charge in [0.15, 0.2) is 0 Å². The van der Waals surface area contributed by atoms with Gasteiger partial charge in [-0.1, -0.05) is 26.2 Å². The topological polar surface area (TPSA) is 12.0 Å². The van der Waals surface area contributed by atoms with E-state index in [-0.39, 0.29) is 11.6 Å². The molecule has 0 bridgehead atoms. The summed E-state index contributed by atoms with van der Waals surface area (Å²) in [5.41, 5.74) is 0.540. The number of nitrogens with one attached hydrogen (secondary N) is 1. The van der Waals surface area contributed by atoms with E-state index in [1.807, 2.05) is 0 Å². The molecular weight excluding hydrogens is 256 g/mol. The Hall–Kier alpha value is -0.960. The Bertz CT molecular complexity index is 419. The second-order valence-corrected chi connectivity index (χ2v) is 5.91. The Labute approximate surface area is 120 Å². The predicted molar refractivity (Wildman–Crippen MR) is 78.7 cm³/mol. The SMILES string of the molecule is CCNCC1CCCCCC1Cc1cc(F)ccc1F. The number of hydrogen-bond donors (Lipinski definition) is 1. The third-order valence-electron chi connectivity index (χ3n) is 4.46. The first kappa shape index (κ1) is 15.4. The quantitative estimate of drug-likeness (QED) is 0.793. The maximum Gasteiger partial charge on any atom is 0.126 e. The highest BCUT2D eigenvalue weighted by molar-refractivity contribution is 5.19. The number of hydrogen-bond acceptors (Lipinski definition) is 1. The number of halogens is 2. The Balaban J connectivity index is 2.08. The van der Waals surface area contributed by atoms with Crippen LogP contribution in [0.4, 0.5) is 8.78 Å². The minimum absolute atomic E-state index is 0.266. The molecule has 1 N–H and O–H groups in total. The van der Waals surface area contributed by atoms with Crippen LogP contribution in [0.3, 0.4) is 0 Å². The average Bonchev–Trinajstić information content (AvgIpc) is 2.66. The minimum atomic E-state index is -0.335. The molecule has 3 heteroatoms. The van der Waals surface area contributed by atoms with Gasteiger partial charge in [-0.2, -0.15) is 0 Å². The molecule has 0 heterocycles. The van der Waals surface area contributed by atoms with Gasteiger partial charge in [0.05, 0.1) is 0 Å². The summed E-state index contributed by atoms with van der Waals surface area (Å²) in [7, 11) is 0. The molecule has 0 radical (unpaired) electrons. The number of rotatable bonds is 5. The van der Waals surface area contributed by atoms with Gasteiger partial charge < -0.3 is 5.32 Å². The first-order chi connectivity index (χ1) is 9.70. The Morgan fingerprint density at radius 2 is 1.85 bits per heavy atom. The minimum Gasteiger partial charge on any atom is -0.317 e. The van der Waals surface area contributed by atoms with E-state index in [2.05, 4.69) is 12.2 Å². The molecule has 0 aliphatic heterocycles. The van der Waals surface area contributed by atoms with Crippen LogP contribution in [0.1, 0.15) is 44.6 Å². The van der Waals surface area contributed by atoms with E-state index in [0.29, 0.717) is 23.8 Å². The molecule has 1 nitrogen and oxygen atoms in total. The normalized spacial score (nSPS) is 23.6. The van der Waals surface area contributed by atoms with Gasteiger partial charge in [-0.05, 0) is 68.0 Å². The van der Waals surface area contributed by atoms with E-state index < -0.39 is 0 Å². The number of benzene rings is 1. The third kappa shape index (κ3) is 4.27. The van der Waals surface area contributed by atoms with Crippen molar-refractivity contribution >= 4 is 0 Å². The molecule has 1 aliphatic rings. The van der Waals surface area contributed by atoms with Crippen molar-refractivity contribution in [2.24, 2.45) is 11.8 Å². The van der Waals surface area contributed by atoms with Crippen LogP contribution in [0.5, 0.6) is 0 Å². The molecule has 2 rings (SSSR count). The van der Waals surface area contributed by atoms with Gasteiger partial charge in [0.1, 0.15) is 11.6 Å². The molecular formula is C17H25F2N. The van der Waals surface area contributed by atoms with Gasteiger partial charge in [0.2, 0.25) is 0 Å². The van der Waals surface area contributed by atoms with Gasteiger partial charge in [-0.15, -0.1) is 0 Å². The summed E-state index contributed by atoms with van der Waals surface area (Å²) in [5, 5.41) is 3.42. The molecule has 1 aromatic carbocycles. The van der Waals surface area contributed by atoms with Gasteiger partial charge in [-0.3, -0.25) is 0 Å². The lowest BCUT2D eigenvalue weighted by Gasteiger charge is -2.25. The molecule has 112 valence electrons. The first-order valence-electron chi connectivity index (χ1n) is 7.85. The largest absolute Gasteiger partial charge is 0.317 e. The second-order valence-electron chi connectivity index (χ2n) is 5.91. The molecule has 2 unspecified atom stereocenters. The summed E-state index contributed by atoms with van der Waals surface area (Å²) in [5.74, 6) is 0.448. The van der Waals surface area contributed by atoms with Crippen LogP contribution in [0.25, 0.3) is 0 Å². The van der Waals surface area contributed by atoms with Crippen LogP contribution in [-0.4, -0.2) is 13.1 Å². The molecule has 0 spiro atoms. The van der Waals surface area contributed by atoms with E-state index in [1.165, 1.54) is 43.9 Å². The Morgan fingerprint density at radius 1 is 1.10 bits per heavy atom. The zero-order valence-corrected chi connectivity index (χ0v) is 12.3. The second kappa shape index (κ2) is 7.72. The highest BCUT2D eigenvalue weighted by Crippen LogP contribution is 2.31. The van der Waals surface area contributed by atoms with E-state index in [0.717, 1.165) is 19.5 Å². The van der Waals surface area contributed by atoms with Gasteiger partial charge in [0, 0.05) is 0 Å². The fourth-order valence-corrected chi connectivity index (χ4v) is 3.31. The van der Waals surface area contributed by atoms with Crippen molar-refractivity contribution in [2.75, 3.05) is 13.1 Å². The lowest BCUT2D eigenvalue weighted by molar-refractivity contribution is 0.297. The maximum atomic E-state index is 13.8. The molecule has 1 aliphatic carbocycles. The van der Waals surface area contributed by atoms with Crippen LogP contribution in [0.15, 0.2) is 18.2 Å². The van der Waals surface area contributed by atoms with Crippen molar-refractivity contribution in [2.45, 2.75) is 45.4 Å². The van der Waals surface area contributed by atoms with Gasteiger partial charge in [-0.25, -0.2) is 8.78 Å². The molecule has 20 heavy (non-hydrogen) atoms. The van der Waals surface area contributed by atoms with Crippen molar-refractivity contribution in [1.29, 1.82) is 0 Å². The maximum absolute atomic E-state index is 13.8. The molecule has 0 saturated heterocycles. The van der Waals surface area contributed by atoms with E-state index in [9.17, 15) is 8.78 Å². The Morgan fingerprint density at radius 3 is 2.60 bits per heavy atom. The van der Waals surface area contributed by atoms with E-state index in [4.69, 9.17) is 0 Å². The van der Waals surface area contributed by atoms with Crippen LogP contribution >= 0.6 is 0 Å². The molecule has 1 saturated carbocycles. The van der Waals surface area contributed by atoms with Crippen molar-refractivity contribution in [3.63, 3.8) is 0 Å². The van der Waals surface area contributed by atoms with Crippen molar-refractivity contribution in [3.8, 4) is 0 Å². The fraction of sp³-hybridized carbons (Fsp3) is 0.647.